The van der Waals surface area contributed by atoms with Crippen LogP contribution in [0.4, 0.5) is 5.69 Å². The molecule has 162 valence electrons. The number of nitrogens with zero attached hydrogens (tertiary/aromatic N) is 3. The molecule has 0 saturated carbocycles. The van der Waals surface area contributed by atoms with E-state index in [1.165, 1.54) is 5.56 Å². The summed E-state index contributed by atoms with van der Waals surface area (Å²) in [5.41, 5.74) is 10.4. The fourth-order valence-corrected chi connectivity index (χ4v) is 5.42. The van der Waals surface area contributed by atoms with Crippen molar-refractivity contribution >= 4 is 28.4 Å². The van der Waals surface area contributed by atoms with E-state index in [-0.39, 0.29) is 5.56 Å². The van der Waals surface area contributed by atoms with Gasteiger partial charge in [0.15, 0.2) is 0 Å². The van der Waals surface area contributed by atoms with Crippen LogP contribution in [0.3, 0.4) is 0 Å². The van der Waals surface area contributed by atoms with Gasteiger partial charge in [-0.1, -0.05) is 36.4 Å². The van der Waals surface area contributed by atoms with Crippen molar-refractivity contribution in [3.05, 3.63) is 94.0 Å². The minimum atomic E-state index is 0.00391. The summed E-state index contributed by atoms with van der Waals surface area (Å²) >= 11 is 1.94. The highest BCUT2D eigenvalue weighted by Gasteiger charge is 2.24. The Bertz CT molecular complexity index is 1350. The number of thioether (sulfide) groups is 1. The second-order valence-electron chi connectivity index (χ2n) is 8.37. The molecule has 1 N–H and O–H groups in total. The molecule has 2 aromatic heterocycles. The number of benzene rings is 2. The second kappa shape index (κ2) is 8.45. The Morgan fingerprint density at radius 1 is 1.03 bits per heavy atom. The fourth-order valence-electron chi connectivity index (χ4n) is 4.25. The van der Waals surface area contributed by atoms with Crippen LogP contribution in [0.25, 0.3) is 22.0 Å². The minimum Gasteiger partial charge on any atom is -0.318 e. The van der Waals surface area contributed by atoms with Gasteiger partial charge in [0.25, 0.3) is 5.56 Å². The van der Waals surface area contributed by atoms with Crippen molar-refractivity contribution in [3.8, 4) is 11.1 Å². The molecule has 0 radical (unpaired) electrons. The molecule has 0 aliphatic carbocycles. The Kier molecular flexibility index (Phi) is 5.49. The Morgan fingerprint density at radius 2 is 1.84 bits per heavy atom. The van der Waals surface area contributed by atoms with Gasteiger partial charge >= 0.3 is 0 Å². The second-order valence-corrected chi connectivity index (χ2v) is 9.53. The molecule has 1 atom stereocenters. The number of aryl methyl sites for hydroxylation is 3. The standard InChI is InChI=1S/C26H26N4OS/c1-17-9-10-21(28-30-15-25(32-16-30)19-7-5-4-6-8-19)13-22(17)23-12-20-14-27-18(2)11-24(20)29(3)26(23)31/h4-14,25,28H,15-16H2,1-3H3. The number of nitrogens with one attached hydrogen (secondary N) is 1. The van der Waals surface area contributed by atoms with Crippen LogP contribution in [-0.2, 0) is 7.05 Å². The lowest BCUT2D eigenvalue weighted by molar-refractivity contribution is 0.411. The van der Waals surface area contributed by atoms with Gasteiger partial charge in [-0.2, -0.15) is 0 Å². The lowest BCUT2D eigenvalue weighted by Gasteiger charge is -2.19. The molecule has 1 saturated heterocycles. The van der Waals surface area contributed by atoms with Crippen molar-refractivity contribution in [1.29, 1.82) is 0 Å². The van der Waals surface area contributed by atoms with E-state index in [0.29, 0.717) is 10.8 Å². The van der Waals surface area contributed by atoms with Crippen molar-refractivity contribution in [1.82, 2.24) is 14.6 Å². The topological polar surface area (TPSA) is 50.2 Å². The number of hydrogen-bond donors (Lipinski definition) is 1. The maximum absolute atomic E-state index is 13.2. The van der Waals surface area contributed by atoms with E-state index < -0.39 is 0 Å². The molecule has 1 aliphatic heterocycles. The number of hydrazine groups is 1. The number of anilines is 1. The number of aromatic nitrogens is 2. The van der Waals surface area contributed by atoms with Crippen molar-refractivity contribution in [2.45, 2.75) is 19.1 Å². The van der Waals surface area contributed by atoms with Crippen LogP contribution in [0.2, 0.25) is 0 Å². The van der Waals surface area contributed by atoms with Gasteiger partial charge in [0, 0.05) is 47.4 Å². The number of pyridine rings is 2. The zero-order valence-electron chi connectivity index (χ0n) is 18.5. The van der Waals surface area contributed by atoms with Crippen LogP contribution in [0.5, 0.6) is 0 Å². The lowest BCUT2D eigenvalue weighted by Crippen LogP contribution is -2.27. The predicted octanol–water partition coefficient (Wildman–Crippen LogP) is 5.29. The van der Waals surface area contributed by atoms with Crippen LogP contribution in [0.15, 0.2) is 71.7 Å². The molecule has 0 spiro atoms. The number of fused-ring (bicyclic) bond motifs is 1. The molecule has 6 heteroatoms. The summed E-state index contributed by atoms with van der Waals surface area (Å²) in [4.78, 5) is 17.6. The quantitative estimate of drug-likeness (QED) is 0.465. The highest BCUT2D eigenvalue weighted by molar-refractivity contribution is 7.99. The predicted molar refractivity (Wildman–Crippen MR) is 134 cm³/mol. The molecule has 2 aromatic carbocycles. The van der Waals surface area contributed by atoms with E-state index in [1.54, 1.807) is 4.57 Å². The first-order chi connectivity index (χ1) is 15.5. The first kappa shape index (κ1) is 20.8. The van der Waals surface area contributed by atoms with Crippen molar-refractivity contribution in [3.63, 3.8) is 0 Å². The van der Waals surface area contributed by atoms with Crippen molar-refractivity contribution in [2.75, 3.05) is 17.8 Å². The molecule has 5 rings (SSSR count). The largest absolute Gasteiger partial charge is 0.318 e. The summed E-state index contributed by atoms with van der Waals surface area (Å²) in [5, 5.41) is 3.66. The van der Waals surface area contributed by atoms with Gasteiger partial charge in [-0.15, -0.1) is 11.8 Å². The first-order valence-corrected chi connectivity index (χ1v) is 11.8. The Morgan fingerprint density at radius 3 is 2.66 bits per heavy atom. The van der Waals surface area contributed by atoms with Crippen LogP contribution >= 0.6 is 11.8 Å². The summed E-state index contributed by atoms with van der Waals surface area (Å²) in [6.45, 7) is 4.92. The van der Waals surface area contributed by atoms with Gasteiger partial charge in [0.2, 0.25) is 0 Å². The van der Waals surface area contributed by atoms with Gasteiger partial charge in [-0.3, -0.25) is 9.78 Å². The summed E-state index contributed by atoms with van der Waals surface area (Å²) in [6.07, 6.45) is 1.84. The fraction of sp³-hybridized carbons (Fsp3) is 0.231. The summed E-state index contributed by atoms with van der Waals surface area (Å²) in [6, 6.07) is 20.8. The summed E-state index contributed by atoms with van der Waals surface area (Å²) < 4.78 is 1.72. The molecule has 1 unspecified atom stereocenters. The Hall–Kier alpha value is -3.09. The number of rotatable bonds is 4. The molecule has 1 aliphatic rings. The maximum atomic E-state index is 13.2. The molecular formula is C26H26N4OS. The average molecular weight is 443 g/mol. The summed E-state index contributed by atoms with van der Waals surface area (Å²) in [7, 11) is 1.83. The Balaban J connectivity index is 1.44. The maximum Gasteiger partial charge on any atom is 0.258 e. The van der Waals surface area contributed by atoms with Gasteiger partial charge in [-0.05, 0) is 54.8 Å². The third-order valence-corrected chi connectivity index (χ3v) is 7.33. The van der Waals surface area contributed by atoms with Crippen LogP contribution in [0.1, 0.15) is 22.1 Å². The normalized spacial score (nSPS) is 16.5. The molecule has 0 amide bonds. The number of hydrogen-bond acceptors (Lipinski definition) is 5. The third-order valence-electron chi connectivity index (χ3n) is 6.05. The summed E-state index contributed by atoms with van der Waals surface area (Å²) in [5.74, 6) is 0.908. The molecule has 32 heavy (non-hydrogen) atoms. The van der Waals surface area contributed by atoms with Crippen molar-refractivity contribution < 1.29 is 0 Å². The third kappa shape index (κ3) is 3.92. The van der Waals surface area contributed by atoms with Gasteiger partial charge in [0.1, 0.15) is 0 Å². The average Bonchev–Trinajstić information content (AvgIpc) is 3.27. The molecule has 4 aromatic rings. The van der Waals surface area contributed by atoms with E-state index in [2.05, 4.69) is 63.9 Å². The monoisotopic (exact) mass is 442 g/mol. The highest BCUT2D eigenvalue weighted by atomic mass is 32.2. The van der Waals surface area contributed by atoms with E-state index in [1.807, 2.05) is 51.0 Å². The van der Waals surface area contributed by atoms with Crippen LogP contribution in [0, 0.1) is 13.8 Å². The van der Waals surface area contributed by atoms with Crippen LogP contribution < -0.4 is 11.0 Å². The molecule has 0 bridgehead atoms. The smallest absolute Gasteiger partial charge is 0.258 e. The molecule has 3 heterocycles. The minimum absolute atomic E-state index is 0.00391. The van der Waals surface area contributed by atoms with E-state index >= 15 is 0 Å². The highest BCUT2D eigenvalue weighted by Crippen LogP contribution is 2.36. The molecular weight excluding hydrogens is 416 g/mol. The first-order valence-electron chi connectivity index (χ1n) is 10.7. The molecule has 1 fully saturated rings. The van der Waals surface area contributed by atoms with Crippen molar-refractivity contribution in [2.24, 2.45) is 7.05 Å². The van der Waals surface area contributed by atoms with Gasteiger partial charge < -0.3 is 9.99 Å². The van der Waals surface area contributed by atoms with Gasteiger partial charge in [-0.25, -0.2) is 5.01 Å². The van der Waals surface area contributed by atoms with E-state index in [0.717, 1.165) is 45.8 Å². The van der Waals surface area contributed by atoms with E-state index in [9.17, 15) is 4.79 Å². The zero-order chi connectivity index (χ0) is 22.2. The SMILES string of the molecule is Cc1cc2c(cn1)cc(-c1cc(NN3CSC(c4ccccc4)C3)ccc1C)c(=O)n2C. The zero-order valence-corrected chi connectivity index (χ0v) is 19.3. The Labute approximate surface area is 192 Å². The lowest BCUT2D eigenvalue weighted by atomic mass is 9.99. The van der Waals surface area contributed by atoms with Crippen LogP contribution in [-0.4, -0.2) is 27.0 Å². The van der Waals surface area contributed by atoms with Gasteiger partial charge in [0.05, 0.1) is 11.4 Å². The van der Waals surface area contributed by atoms with E-state index in [4.69, 9.17) is 0 Å². The molecule has 5 nitrogen and oxygen atoms in total.